The number of para-hydroxylation sites is 1. The lowest BCUT2D eigenvalue weighted by Gasteiger charge is -2.29. The predicted molar refractivity (Wildman–Crippen MR) is 86.3 cm³/mol. The van der Waals surface area contributed by atoms with Crippen LogP contribution in [0, 0.1) is 0 Å². The van der Waals surface area contributed by atoms with Crippen molar-refractivity contribution in [3.63, 3.8) is 0 Å². The van der Waals surface area contributed by atoms with E-state index in [-0.39, 0.29) is 18.5 Å². The van der Waals surface area contributed by atoms with Crippen LogP contribution in [0.2, 0.25) is 0 Å². The number of carbonyl (C=O) groups is 2. The van der Waals surface area contributed by atoms with Gasteiger partial charge in [0.25, 0.3) is 0 Å². The number of hydrogen-bond acceptors (Lipinski definition) is 4. The summed E-state index contributed by atoms with van der Waals surface area (Å²) in [6.45, 7) is 0.878. The van der Waals surface area contributed by atoms with Crippen molar-refractivity contribution in [2.45, 2.75) is 31.8 Å². The number of likely N-dealkylation sites (N-methyl/N-ethyl adjacent to an activating group) is 1. The average Bonchev–Trinajstić information content (AvgIpc) is 2.70. The van der Waals surface area contributed by atoms with Crippen LogP contribution >= 0.6 is 0 Å². The number of carboxylic acids is 1. The molecule has 1 saturated heterocycles. The molecular weight excluding hydrogens is 296 g/mol. The zero-order valence-electron chi connectivity index (χ0n) is 13.7. The second-order valence-electron chi connectivity index (χ2n) is 5.89. The zero-order valence-corrected chi connectivity index (χ0v) is 13.7. The summed E-state index contributed by atoms with van der Waals surface area (Å²) in [5.74, 6) is -0.267. The standard InChI is InChI=1S/C17H24N2O4/c1-18(11-13-7-3-4-9-15(13)23-2)14-8-5-6-10-19(17(14)22)12-16(20)21/h3-4,7,9,14H,5-6,8,10-12H2,1-2H3,(H,20,21). The molecule has 23 heavy (non-hydrogen) atoms. The number of methoxy groups -OCH3 is 1. The Morgan fingerprint density at radius 3 is 2.83 bits per heavy atom. The lowest BCUT2D eigenvalue weighted by atomic mass is 10.1. The molecule has 2 rings (SSSR count). The van der Waals surface area contributed by atoms with Crippen molar-refractivity contribution >= 4 is 11.9 Å². The maximum Gasteiger partial charge on any atom is 0.323 e. The summed E-state index contributed by atoms with van der Waals surface area (Å²) in [6.07, 6.45) is 2.52. The molecule has 1 aromatic rings. The second kappa shape index (κ2) is 7.97. The molecular formula is C17H24N2O4. The van der Waals surface area contributed by atoms with E-state index in [1.165, 1.54) is 4.90 Å². The van der Waals surface area contributed by atoms with Gasteiger partial charge < -0.3 is 14.7 Å². The SMILES string of the molecule is COc1ccccc1CN(C)C1CCCCN(CC(=O)O)C1=O. The number of rotatable bonds is 6. The summed E-state index contributed by atoms with van der Waals surface area (Å²) in [6, 6.07) is 7.44. The number of likely N-dealkylation sites (tertiary alicyclic amines) is 1. The smallest absolute Gasteiger partial charge is 0.323 e. The molecule has 1 aliphatic heterocycles. The first kappa shape index (κ1) is 17.3. The summed E-state index contributed by atoms with van der Waals surface area (Å²) in [7, 11) is 3.53. The van der Waals surface area contributed by atoms with Crippen molar-refractivity contribution in [2.24, 2.45) is 0 Å². The van der Waals surface area contributed by atoms with Gasteiger partial charge in [0.1, 0.15) is 12.3 Å². The maximum atomic E-state index is 12.7. The minimum atomic E-state index is -0.966. The predicted octanol–water partition coefficient (Wildman–Crippen LogP) is 1.59. The molecule has 6 heteroatoms. The van der Waals surface area contributed by atoms with E-state index < -0.39 is 5.97 Å². The van der Waals surface area contributed by atoms with Crippen LogP contribution in [0.1, 0.15) is 24.8 Å². The van der Waals surface area contributed by atoms with Gasteiger partial charge in [0, 0.05) is 18.7 Å². The summed E-state index contributed by atoms with van der Waals surface area (Å²) in [5, 5.41) is 8.98. The normalized spacial score (nSPS) is 18.8. The van der Waals surface area contributed by atoms with Gasteiger partial charge in [-0.1, -0.05) is 18.2 Å². The van der Waals surface area contributed by atoms with Crippen molar-refractivity contribution in [3.05, 3.63) is 29.8 Å². The molecule has 126 valence electrons. The molecule has 1 aromatic carbocycles. The van der Waals surface area contributed by atoms with Gasteiger partial charge >= 0.3 is 5.97 Å². The first-order valence-electron chi connectivity index (χ1n) is 7.85. The molecule has 1 unspecified atom stereocenters. The fourth-order valence-corrected chi connectivity index (χ4v) is 3.03. The highest BCUT2D eigenvalue weighted by atomic mass is 16.5. The van der Waals surface area contributed by atoms with E-state index in [0.29, 0.717) is 13.1 Å². The lowest BCUT2D eigenvalue weighted by Crippen LogP contribution is -2.47. The lowest BCUT2D eigenvalue weighted by molar-refractivity contribution is -0.146. The quantitative estimate of drug-likeness (QED) is 0.862. The number of carbonyl (C=O) groups excluding carboxylic acids is 1. The number of nitrogens with zero attached hydrogens (tertiary/aromatic N) is 2. The van der Waals surface area contributed by atoms with Gasteiger partial charge in [-0.05, 0) is 32.4 Å². The Hall–Kier alpha value is -2.08. The van der Waals surface area contributed by atoms with Gasteiger partial charge in [-0.15, -0.1) is 0 Å². The van der Waals surface area contributed by atoms with Gasteiger partial charge in [-0.25, -0.2) is 0 Å². The topological polar surface area (TPSA) is 70.1 Å². The molecule has 1 atom stereocenters. The zero-order chi connectivity index (χ0) is 16.8. The minimum Gasteiger partial charge on any atom is -0.496 e. The summed E-state index contributed by atoms with van der Waals surface area (Å²) >= 11 is 0. The van der Waals surface area contributed by atoms with Crippen LogP contribution < -0.4 is 4.74 Å². The van der Waals surface area contributed by atoms with Crippen LogP contribution in [0.25, 0.3) is 0 Å². The maximum absolute atomic E-state index is 12.7. The first-order valence-corrected chi connectivity index (χ1v) is 7.85. The highest BCUT2D eigenvalue weighted by Gasteiger charge is 2.31. The highest BCUT2D eigenvalue weighted by Crippen LogP contribution is 2.22. The van der Waals surface area contributed by atoms with Gasteiger partial charge in [-0.2, -0.15) is 0 Å². The molecule has 0 spiro atoms. The Kier molecular flexibility index (Phi) is 5.98. The van der Waals surface area contributed by atoms with Crippen molar-refractivity contribution < 1.29 is 19.4 Å². The third-order valence-electron chi connectivity index (χ3n) is 4.22. The van der Waals surface area contributed by atoms with E-state index >= 15 is 0 Å². The molecule has 0 aromatic heterocycles. The van der Waals surface area contributed by atoms with E-state index in [1.54, 1.807) is 7.11 Å². The van der Waals surface area contributed by atoms with E-state index in [9.17, 15) is 9.59 Å². The molecule has 0 aliphatic carbocycles. The van der Waals surface area contributed by atoms with Crippen molar-refractivity contribution in [3.8, 4) is 5.75 Å². The molecule has 1 fully saturated rings. The number of ether oxygens (including phenoxy) is 1. The van der Waals surface area contributed by atoms with Crippen molar-refractivity contribution in [2.75, 3.05) is 27.2 Å². The van der Waals surface area contributed by atoms with E-state index in [2.05, 4.69) is 0 Å². The number of aliphatic carboxylic acids is 1. The molecule has 1 aliphatic rings. The Balaban J connectivity index is 2.11. The fraction of sp³-hybridized carbons (Fsp3) is 0.529. The monoisotopic (exact) mass is 320 g/mol. The van der Waals surface area contributed by atoms with Crippen LogP contribution in [0.15, 0.2) is 24.3 Å². The molecule has 6 nitrogen and oxygen atoms in total. The summed E-state index contributed by atoms with van der Waals surface area (Å²) in [5.41, 5.74) is 1.01. The van der Waals surface area contributed by atoms with Crippen LogP contribution in [-0.4, -0.2) is 60.1 Å². The summed E-state index contributed by atoms with van der Waals surface area (Å²) < 4.78 is 5.36. The third kappa shape index (κ3) is 4.45. The highest BCUT2D eigenvalue weighted by molar-refractivity contribution is 5.85. The Bertz CT molecular complexity index is 561. The van der Waals surface area contributed by atoms with Gasteiger partial charge in [0.15, 0.2) is 0 Å². The molecule has 0 bridgehead atoms. The Morgan fingerprint density at radius 2 is 2.13 bits per heavy atom. The van der Waals surface area contributed by atoms with Gasteiger partial charge in [0.2, 0.25) is 5.91 Å². The van der Waals surface area contributed by atoms with Gasteiger partial charge in [-0.3, -0.25) is 14.5 Å². The summed E-state index contributed by atoms with van der Waals surface area (Å²) in [4.78, 5) is 27.1. The molecule has 1 heterocycles. The van der Waals surface area contributed by atoms with E-state index in [0.717, 1.165) is 30.6 Å². The second-order valence-corrected chi connectivity index (χ2v) is 5.89. The minimum absolute atomic E-state index is 0.0951. The van der Waals surface area contributed by atoms with Crippen LogP contribution in [0.3, 0.4) is 0 Å². The largest absolute Gasteiger partial charge is 0.496 e. The fourth-order valence-electron chi connectivity index (χ4n) is 3.03. The first-order chi connectivity index (χ1) is 11.0. The van der Waals surface area contributed by atoms with Crippen LogP contribution in [-0.2, 0) is 16.1 Å². The number of hydrogen-bond donors (Lipinski definition) is 1. The third-order valence-corrected chi connectivity index (χ3v) is 4.22. The molecule has 1 N–H and O–H groups in total. The van der Waals surface area contributed by atoms with Crippen LogP contribution in [0.5, 0.6) is 5.75 Å². The molecule has 0 radical (unpaired) electrons. The number of carboxylic acid groups (broad SMARTS) is 1. The van der Waals surface area contributed by atoms with E-state index in [1.807, 2.05) is 36.2 Å². The van der Waals surface area contributed by atoms with Gasteiger partial charge in [0.05, 0.1) is 13.2 Å². The Morgan fingerprint density at radius 1 is 1.39 bits per heavy atom. The number of benzene rings is 1. The van der Waals surface area contributed by atoms with Crippen molar-refractivity contribution in [1.82, 2.24) is 9.80 Å². The average molecular weight is 320 g/mol. The van der Waals surface area contributed by atoms with Crippen molar-refractivity contribution in [1.29, 1.82) is 0 Å². The number of amides is 1. The molecule has 0 saturated carbocycles. The molecule has 1 amide bonds. The van der Waals surface area contributed by atoms with Crippen LogP contribution in [0.4, 0.5) is 0 Å². The van der Waals surface area contributed by atoms with E-state index in [4.69, 9.17) is 9.84 Å². The Labute approximate surface area is 136 Å².